The average molecular weight is 400 g/mol. The van der Waals surface area contributed by atoms with Gasteiger partial charge in [0.2, 0.25) is 11.8 Å². The van der Waals surface area contributed by atoms with Crippen LogP contribution >= 0.6 is 0 Å². The first-order chi connectivity index (χ1) is 13.8. The zero-order valence-electron chi connectivity index (χ0n) is 17.0. The van der Waals surface area contributed by atoms with Gasteiger partial charge in [-0.05, 0) is 43.9 Å². The van der Waals surface area contributed by atoms with E-state index in [1.165, 1.54) is 0 Å². The Balaban J connectivity index is 1.52. The van der Waals surface area contributed by atoms with Crippen molar-refractivity contribution in [1.29, 1.82) is 0 Å². The van der Waals surface area contributed by atoms with Crippen molar-refractivity contribution in [2.75, 3.05) is 18.4 Å². The SMILES string of the molecule is Cc1cccc(NC(=O)CNC(=O)CN2C(=O)NC3(CCCCCC3)C2=O)c1C. The Hall–Kier alpha value is -2.90. The van der Waals surface area contributed by atoms with Crippen LogP contribution in [0.3, 0.4) is 0 Å². The predicted octanol–water partition coefficient (Wildman–Crippen LogP) is 2.00. The Morgan fingerprint density at radius 3 is 2.45 bits per heavy atom. The van der Waals surface area contributed by atoms with Gasteiger partial charge in [0.25, 0.3) is 5.91 Å². The molecule has 0 radical (unpaired) electrons. The molecular formula is C21H28N4O4. The van der Waals surface area contributed by atoms with Gasteiger partial charge in [-0.3, -0.25) is 19.3 Å². The summed E-state index contributed by atoms with van der Waals surface area (Å²) in [4.78, 5) is 50.4. The van der Waals surface area contributed by atoms with Crippen molar-refractivity contribution < 1.29 is 19.2 Å². The number of carbonyl (C=O) groups is 4. The zero-order valence-corrected chi connectivity index (χ0v) is 17.0. The number of aryl methyl sites for hydroxylation is 1. The van der Waals surface area contributed by atoms with Crippen LogP contribution in [-0.2, 0) is 14.4 Å². The van der Waals surface area contributed by atoms with E-state index in [1.54, 1.807) is 6.07 Å². The molecule has 1 heterocycles. The third-order valence-electron chi connectivity index (χ3n) is 5.83. The second-order valence-corrected chi connectivity index (χ2v) is 7.89. The number of nitrogens with zero attached hydrogens (tertiary/aromatic N) is 1. The standard InChI is InChI=1S/C21H28N4O4/c1-14-8-7-9-16(15(14)2)23-17(26)12-22-18(27)13-25-19(28)21(24-20(25)29)10-5-3-4-6-11-21/h7-9H,3-6,10-13H2,1-2H3,(H,22,27)(H,23,26)(H,24,29). The van der Waals surface area contributed by atoms with Gasteiger partial charge in [-0.25, -0.2) is 4.79 Å². The maximum absolute atomic E-state index is 12.8. The number of hydrogen-bond acceptors (Lipinski definition) is 4. The Morgan fingerprint density at radius 2 is 1.76 bits per heavy atom. The fourth-order valence-corrected chi connectivity index (χ4v) is 3.95. The molecule has 1 aliphatic carbocycles. The molecule has 1 spiro atoms. The first-order valence-electron chi connectivity index (χ1n) is 10.1. The van der Waals surface area contributed by atoms with Gasteiger partial charge in [0.1, 0.15) is 12.1 Å². The quantitative estimate of drug-likeness (QED) is 0.657. The van der Waals surface area contributed by atoms with Gasteiger partial charge >= 0.3 is 6.03 Å². The van der Waals surface area contributed by atoms with E-state index in [9.17, 15) is 19.2 Å². The zero-order chi connectivity index (χ0) is 21.0. The first-order valence-corrected chi connectivity index (χ1v) is 10.1. The minimum atomic E-state index is -0.867. The minimum absolute atomic E-state index is 0.235. The lowest BCUT2D eigenvalue weighted by Gasteiger charge is -2.24. The smallest absolute Gasteiger partial charge is 0.325 e. The molecule has 2 aliphatic rings. The van der Waals surface area contributed by atoms with Gasteiger partial charge in [-0.1, -0.05) is 37.8 Å². The summed E-state index contributed by atoms with van der Waals surface area (Å²) in [5, 5.41) is 8.04. The van der Waals surface area contributed by atoms with Crippen LogP contribution in [0.2, 0.25) is 0 Å². The fourth-order valence-electron chi connectivity index (χ4n) is 3.95. The van der Waals surface area contributed by atoms with E-state index >= 15 is 0 Å². The van der Waals surface area contributed by atoms with E-state index < -0.39 is 17.5 Å². The number of hydrogen-bond donors (Lipinski definition) is 3. The van der Waals surface area contributed by atoms with Crippen LogP contribution in [0.1, 0.15) is 49.7 Å². The Morgan fingerprint density at radius 1 is 1.07 bits per heavy atom. The summed E-state index contributed by atoms with van der Waals surface area (Å²) < 4.78 is 0. The molecule has 0 aromatic heterocycles. The average Bonchev–Trinajstić information content (AvgIpc) is 2.85. The Kier molecular flexibility index (Phi) is 6.20. The largest absolute Gasteiger partial charge is 0.345 e. The van der Waals surface area contributed by atoms with Gasteiger partial charge in [-0.2, -0.15) is 0 Å². The topological polar surface area (TPSA) is 108 Å². The number of urea groups is 1. The molecule has 3 N–H and O–H groups in total. The van der Waals surface area contributed by atoms with Gasteiger partial charge in [0.05, 0.1) is 6.54 Å². The molecule has 8 nitrogen and oxygen atoms in total. The molecule has 1 aliphatic heterocycles. The molecule has 8 heteroatoms. The summed E-state index contributed by atoms with van der Waals surface area (Å²) >= 11 is 0. The predicted molar refractivity (Wildman–Crippen MR) is 108 cm³/mol. The van der Waals surface area contributed by atoms with Crippen molar-refractivity contribution in [3.8, 4) is 0 Å². The number of anilines is 1. The maximum Gasteiger partial charge on any atom is 0.325 e. The summed E-state index contributed by atoms with van der Waals surface area (Å²) in [6.07, 6.45) is 5.05. The van der Waals surface area contributed by atoms with Crippen LogP contribution in [0.4, 0.5) is 10.5 Å². The van der Waals surface area contributed by atoms with Crippen LogP contribution in [-0.4, -0.2) is 47.3 Å². The molecular weight excluding hydrogens is 372 g/mol. The summed E-state index contributed by atoms with van der Waals surface area (Å²) in [6, 6.07) is 5.05. The van der Waals surface area contributed by atoms with Crippen molar-refractivity contribution >= 4 is 29.4 Å². The molecule has 156 valence electrons. The molecule has 1 saturated carbocycles. The summed E-state index contributed by atoms with van der Waals surface area (Å²) in [5.41, 5.74) is 1.83. The van der Waals surface area contributed by atoms with E-state index in [1.807, 2.05) is 26.0 Å². The number of rotatable bonds is 5. The molecule has 0 bridgehead atoms. The summed E-state index contributed by atoms with van der Waals surface area (Å²) in [7, 11) is 0. The maximum atomic E-state index is 12.8. The fraction of sp³-hybridized carbons (Fsp3) is 0.524. The van der Waals surface area contributed by atoms with Gasteiger partial charge in [0, 0.05) is 5.69 Å². The normalized spacial score (nSPS) is 18.3. The second kappa shape index (κ2) is 8.63. The van der Waals surface area contributed by atoms with Crippen molar-refractivity contribution in [2.45, 2.75) is 57.9 Å². The van der Waals surface area contributed by atoms with E-state index in [4.69, 9.17) is 0 Å². The molecule has 3 rings (SSSR count). The molecule has 0 unspecified atom stereocenters. The molecule has 0 atom stereocenters. The van der Waals surface area contributed by atoms with Crippen molar-refractivity contribution in [2.24, 2.45) is 0 Å². The molecule has 5 amide bonds. The number of amides is 5. The highest BCUT2D eigenvalue weighted by Gasteiger charge is 2.51. The number of carbonyl (C=O) groups excluding carboxylic acids is 4. The third kappa shape index (κ3) is 4.58. The number of imide groups is 1. The van der Waals surface area contributed by atoms with E-state index in [-0.39, 0.29) is 24.9 Å². The van der Waals surface area contributed by atoms with Crippen molar-refractivity contribution in [3.05, 3.63) is 29.3 Å². The lowest BCUT2D eigenvalue weighted by Crippen LogP contribution is -2.47. The van der Waals surface area contributed by atoms with E-state index in [0.717, 1.165) is 41.7 Å². The van der Waals surface area contributed by atoms with Gasteiger partial charge < -0.3 is 16.0 Å². The highest BCUT2D eigenvalue weighted by atomic mass is 16.2. The van der Waals surface area contributed by atoms with Crippen LogP contribution in [0, 0.1) is 13.8 Å². The molecule has 1 aromatic carbocycles. The third-order valence-corrected chi connectivity index (χ3v) is 5.83. The Bertz CT molecular complexity index is 828. The number of nitrogens with one attached hydrogen (secondary N) is 3. The van der Waals surface area contributed by atoms with E-state index in [0.29, 0.717) is 18.5 Å². The first kappa shape index (κ1) is 20.8. The van der Waals surface area contributed by atoms with Crippen LogP contribution in [0.25, 0.3) is 0 Å². The molecule has 2 fully saturated rings. The van der Waals surface area contributed by atoms with Crippen molar-refractivity contribution in [1.82, 2.24) is 15.5 Å². The lowest BCUT2D eigenvalue weighted by molar-refractivity contribution is -0.135. The molecule has 1 aromatic rings. The Labute approximate surface area is 170 Å². The van der Waals surface area contributed by atoms with Gasteiger partial charge in [-0.15, -0.1) is 0 Å². The number of benzene rings is 1. The van der Waals surface area contributed by atoms with Crippen molar-refractivity contribution in [3.63, 3.8) is 0 Å². The van der Waals surface area contributed by atoms with E-state index in [2.05, 4.69) is 16.0 Å². The minimum Gasteiger partial charge on any atom is -0.345 e. The van der Waals surface area contributed by atoms with Crippen LogP contribution in [0.15, 0.2) is 18.2 Å². The highest BCUT2D eigenvalue weighted by Crippen LogP contribution is 2.32. The molecule has 1 saturated heterocycles. The molecule has 29 heavy (non-hydrogen) atoms. The van der Waals surface area contributed by atoms with Gasteiger partial charge in [0.15, 0.2) is 0 Å². The summed E-state index contributed by atoms with van der Waals surface area (Å²) in [6.45, 7) is 3.24. The summed E-state index contributed by atoms with van der Waals surface area (Å²) in [5.74, 6) is -1.25. The lowest BCUT2D eigenvalue weighted by atomic mass is 9.90. The van der Waals surface area contributed by atoms with Crippen LogP contribution in [0.5, 0.6) is 0 Å². The van der Waals surface area contributed by atoms with Crippen LogP contribution < -0.4 is 16.0 Å². The second-order valence-electron chi connectivity index (χ2n) is 7.89. The highest BCUT2D eigenvalue weighted by molar-refractivity contribution is 6.09. The monoisotopic (exact) mass is 400 g/mol.